The van der Waals surface area contributed by atoms with Crippen molar-refractivity contribution >= 4 is 24.6 Å². The fourth-order valence-corrected chi connectivity index (χ4v) is 9.19. The van der Waals surface area contributed by atoms with Gasteiger partial charge in [-0.25, -0.2) is 0 Å². The zero-order chi connectivity index (χ0) is 37.0. The van der Waals surface area contributed by atoms with Crippen LogP contribution in [0.1, 0.15) is 102 Å². The Hall–Kier alpha value is -3.96. The second-order valence-corrected chi connectivity index (χ2v) is 17.1. The lowest BCUT2D eigenvalue weighted by Gasteiger charge is -2.64. The second kappa shape index (κ2) is 13.8. The molecule has 3 aliphatic carbocycles. The Morgan fingerprint density at radius 2 is 1.79 bits per heavy atom. The zero-order valence-corrected chi connectivity index (χ0v) is 31.9. The van der Waals surface area contributed by atoms with E-state index in [9.17, 15) is 9.59 Å². The molecule has 52 heavy (non-hydrogen) atoms. The Morgan fingerprint density at radius 3 is 2.48 bits per heavy atom. The Morgan fingerprint density at radius 1 is 1.02 bits per heavy atom. The van der Waals surface area contributed by atoms with Crippen LogP contribution in [0.2, 0.25) is 0 Å². The van der Waals surface area contributed by atoms with Gasteiger partial charge in [0, 0.05) is 24.4 Å². The van der Waals surface area contributed by atoms with Crippen LogP contribution in [-0.4, -0.2) is 64.2 Å². The minimum absolute atomic E-state index is 0.0131. The highest BCUT2D eigenvalue weighted by Gasteiger charge is 2.68. The number of benzene rings is 2. The standard InChI is InChI=1S/C41H54BN5O5/c1-25(2)17-36(42-50-35-20-30-19-34(39(30,6)7)40(35,8)51-42)44-38(49)41(22-28-14-12-13-27(5)18-28)23-31(46-52-41)24-43-37(48)33-21-32(45-47(33)26(3)4)29-15-10-9-11-16-29/h9-16,18,21,25-26,30,34-36H,17,19-20,22-24H2,1-8H3,(H,43,48)(H,44,49)/t30-,34-,35+,36-,40-,41?/m0/s1. The summed E-state index contributed by atoms with van der Waals surface area (Å²) in [7, 11) is -0.555. The summed E-state index contributed by atoms with van der Waals surface area (Å²) in [5.41, 5.74) is 3.32. The van der Waals surface area contributed by atoms with Crippen molar-refractivity contribution in [2.24, 2.45) is 28.3 Å². The van der Waals surface area contributed by atoms with Crippen LogP contribution in [0.25, 0.3) is 11.3 Å². The summed E-state index contributed by atoms with van der Waals surface area (Å²) in [6, 6.07) is 19.7. The van der Waals surface area contributed by atoms with Crippen LogP contribution in [0.4, 0.5) is 0 Å². The number of nitrogens with one attached hydrogen (secondary N) is 2. The fraction of sp³-hybridized carbons (Fsp3) is 0.561. The Kier molecular flexibility index (Phi) is 9.65. The SMILES string of the molecule is Cc1cccc(CC2(C(=O)N[C@@H](CC(C)C)B3O[C@@H]4C[C@@H]5C[C@@H](C5(C)C)[C@]4(C)O3)CC(CNC(=O)c3cc(-c4ccccc4)nn3C(C)C)=NO2)c1. The van der Waals surface area contributed by atoms with E-state index in [4.69, 9.17) is 19.2 Å². The van der Waals surface area contributed by atoms with Gasteiger partial charge in [-0.15, -0.1) is 0 Å². The molecular weight excluding hydrogens is 653 g/mol. The first kappa shape index (κ1) is 36.4. The summed E-state index contributed by atoms with van der Waals surface area (Å²) in [4.78, 5) is 34.4. The van der Waals surface area contributed by atoms with E-state index in [1.165, 1.54) is 0 Å². The number of aryl methyl sites for hydroxylation is 1. The number of amides is 2. The molecule has 11 heteroatoms. The van der Waals surface area contributed by atoms with Crippen molar-refractivity contribution in [1.82, 2.24) is 20.4 Å². The molecule has 0 radical (unpaired) electrons. The zero-order valence-electron chi connectivity index (χ0n) is 31.9. The molecule has 2 aromatic carbocycles. The van der Waals surface area contributed by atoms with Crippen molar-refractivity contribution in [2.45, 2.75) is 117 Å². The first-order chi connectivity index (χ1) is 24.7. The summed E-state index contributed by atoms with van der Waals surface area (Å²) in [6.07, 6.45) is 3.39. The summed E-state index contributed by atoms with van der Waals surface area (Å²) < 4.78 is 15.3. The lowest BCUT2D eigenvalue weighted by Crippen LogP contribution is -2.65. The van der Waals surface area contributed by atoms with E-state index in [2.05, 4.69) is 56.5 Å². The highest BCUT2D eigenvalue weighted by atomic mass is 16.7. The minimum atomic E-state index is -1.30. The maximum atomic E-state index is 14.6. The summed E-state index contributed by atoms with van der Waals surface area (Å²) in [5.74, 6) is 0.451. The molecule has 1 aromatic heterocycles. The molecule has 8 rings (SSSR count). The van der Waals surface area contributed by atoms with Gasteiger partial charge in [0.1, 0.15) is 5.69 Å². The minimum Gasteiger partial charge on any atom is -0.404 e. The second-order valence-electron chi connectivity index (χ2n) is 17.1. The molecule has 3 aromatic rings. The molecule has 6 atom stereocenters. The maximum absolute atomic E-state index is 14.6. The van der Waals surface area contributed by atoms with Crippen LogP contribution in [0.3, 0.4) is 0 Å². The van der Waals surface area contributed by atoms with Gasteiger partial charge >= 0.3 is 7.12 Å². The predicted octanol–water partition coefficient (Wildman–Crippen LogP) is 6.73. The topological polar surface area (TPSA) is 116 Å². The first-order valence-electron chi connectivity index (χ1n) is 19.1. The van der Waals surface area contributed by atoms with E-state index in [0.29, 0.717) is 42.0 Å². The number of rotatable bonds is 12. The third-order valence-corrected chi connectivity index (χ3v) is 12.1. The summed E-state index contributed by atoms with van der Waals surface area (Å²) in [6.45, 7) is 17.4. The molecule has 2 amide bonds. The largest absolute Gasteiger partial charge is 0.481 e. The van der Waals surface area contributed by atoms with Crippen molar-refractivity contribution in [3.05, 3.63) is 77.5 Å². The first-order valence-corrected chi connectivity index (χ1v) is 19.1. The van der Waals surface area contributed by atoms with Gasteiger partial charge in [0.05, 0.1) is 35.6 Å². The van der Waals surface area contributed by atoms with Crippen LogP contribution in [0.15, 0.2) is 65.8 Å². The average Bonchev–Trinajstić information content (AvgIpc) is 3.83. The van der Waals surface area contributed by atoms with Gasteiger partial charge in [-0.05, 0) is 81.8 Å². The van der Waals surface area contributed by atoms with Crippen LogP contribution in [0.5, 0.6) is 0 Å². The van der Waals surface area contributed by atoms with Gasteiger partial charge in [0.25, 0.3) is 11.8 Å². The van der Waals surface area contributed by atoms with Crippen molar-refractivity contribution < 1.29 is 23.7 Å². The molecule has 276 valence electrons. The van der Waals surface area contributed by atoms with Crippen molar-refractivity contribution in [3.63, 3.8) is 0 Å². The smallest absolute Gasteiger partial charge is 0.404 e. The highest BCUT2D eigenvalue weighted by Crippen LogP contribution is 2.65. The number of carbonyl (C=O) groups excluding carboxylic acids is 2. The molecule has 10 nitrogen and oxygen atoms in total. The van der Waals surface area contributed by atoms with Crippen LogP contribution >= 0.6 is 0 Å². The number of hydrogen-bond donors (Lipinski definition) is 2. The quantitative estimate of drug-likeness (QED) is 0.202. The van der Waals surface area contributed by atoms with Crippen LogP contribution in [0, 0.1) is 30.1 Å². The molecule has 5 aliphatic rings. The third kappa shape index (κ3) is 6.70. The third-order valence-electron chi connectivity index (χ3n) is 12.1. The molecule has 1 unspecified atom stereocenters. The Bertz CT molecular complexity index is 1840. The Balaban J connectivity index is 1.08. The predicted molar refractivity (Wildman–Crippen MR) is 203 cm³/mol. The molecule has 2 N–H and O–H groups in total. The summed E-state index contributed by atoms with van der Waals surface area (Å²) >= 11 is 0. The normalized spacial score (nSPS) is 27.8. The van der Waals surface area contributed by atoms with Gasteiger partial charge in [-0.1, -0.05) is 93.0 Å². The Labute approximate surface area is 308 Å². The van der Waals surface area contributed by atoms with E-state index in [-0.39, 0.29) is 53.9 Å². The number of carbonyl (C=O) groups is 2. The van der Waals surface area contributed by atoms with E-state index >= 15 is 0 Å². The van der Waals surface area contributed by atoms with Gasteiger partial charge in [-0.2, -0.15) is 5.10 Å². The van der Waals surface area contributed by atoms with E-state index < -0.39 is 12.7 Å². The van der Waals surface area contributed by atoms with Gasteiger partial charge in [0.15, 0.2) is 0 Å². The van der Waals surface area contributed by atoms with Gasteiger partial charge in [-0.3, -0.25) is 14.3 Å². The molecule has 2 bridgehead atoms. The van der Waals surface area contributed by atoms with E-state index in [0.717, 1.165) is 35.2 Å². The number of aromatic nitrogens is 2. The van der Waals surface area contributed by atoms with Crippen molar-refractivity contribution in [3.8, 4) is 11.3 Å². The maximum Gasteiger partial charge on any atom is 0.481 e. The summed E-state index contributed by atoms with van der Waals surface area (Å²) in [5, 5.41) is 15.5. The molecule has 1 saturated heterocycles. The van der Waals surface area contributed by atoms with Gasteiger partial charge < -0.3 is 24.8 Å². The highest BCUT2D eigenvalue weighted by molar-refractivity contribution is 6.48. The van der Waals surface area contributed by atoms with E-state index in [1.807, 2.05) is 75.4 Å². The molecule has 4 fully saturated rings. The van der Waals surface area contributed by atoms with E-state index in [1.54, 1.807) is 4.68 Å². The number of hydrogen-bond acceptors (Lipinski definition) is 7. The molecule has 3 heterocycles. The lowest BCUT2D eigenvalue weighted by atomic mass is 9.43. The molecule has 2 aliphatic heterocycles. The van der Waals surface area contributed by atoms with Crippen LogP contribution < -0.4 is 10.6 Å². The molecule has 0 spiro atoms. The average molecular weight is 708 g/mol. The van der Waals surface area contributed by atoms with Gasteiger partial charge in [0.2, 0.25) is 5.60 Å². The molecular formula is C41H54BN5O5. The van der Waals surface area contributed by atoms with Crippen molar-refractivity contribution in [2.75, 3.05) is 6.54 Å². The lowest BCUT2D eigenvalue weighted by molar-refractivity contribution is -0.199. The number of oxime groups is 1. The monoisotopic (exact) mass is 707 g/mol. The number of nitrogens with zero attached hydrogens (tertiary/aromatic N) is 3. The fourth-order valence-electron chi connectivity index (χ4n) is 9.19. The molecule has 3 saturated carbocycles. The van der Waals surface area contributed by atoms with Crippen molar-refractivity contribution in [1.29, 1.82) is 0 Å². The van der Waals surface area contributed by atoms with Crippen LogP contribution in [-0.2, 0) is 25.4 Å².